The van der Waals surface area contributed by atoms with Crippen LogP contribution < -0.4 is 14.2 Å². The molecule has 0 atom stereocenters. The van der Waals surface area contributed by atoms with Crippen molar-refractivity contribution in [3.8, 4) is 23.0 Å². The number of ether oxygens (including phenoxy) is 4. The average molecular weight is 506 g/mol. The predicted molar refractivity (Wildman–Crippen MR) is 139 cm³/mol. The summed E-state index contributed by atoms with van der Waals surface area (Å²) in [5.41, 5.74) is 3.46. The van der Waals surface area contributed by atoms with E-state index in [0.717, 1.165) is 50.5 Å². The molecule has 3 aliphatic rings. The molecule has 2 aliphatic heterocycles. The van der Waals surface area contributed by atoms with E-state index in [0.29, 0.717) is 52.2 Å². The minimum atomic E-state index is -0.399. The van der Waals surface area contributed by atoms with Gasteiger partial charge in [0.2, 0.25) is 0 Å². The van der Waals surface area contributed by atoms with Crippen molar-refractivity contribution in [3.63, 3.8) is 0 Å². The summed E-state index contributed by atoms with van der Waals surface area (Å²) in [6.45, 7) is 7.69. The zero-order valence-electron chi connectivity index (χ0n) is 21.4. The van der Waals surface area contributed by atoms with Gasteiger partial charge < -0.3 is 23.8 Å². The molecular weight excluding hydrogens is 473 g/mol. The van der Waals surface area contributed by atoms with Crippen molar-refractivity contribution in [2.75, 3.05) is 46.6 Å². The first-order chi connectivity index (χ1) is 18.0. The first-order valence-electron chi connectivity index (χ1n) is 13.0. The number of aromatic nitrogens is 2. The Balaban J connectivity index is 1.13. The summed E-state index contributed by atoms with van der Waals surface area (Å²) in [4.78, 5) is 11.4. The van der Waals surface area contributed by atoms with Crippen LogP contribution in [0, 0.1) is 11.2 Å². The predicted octanol–water partition coefficient (Wildman–Crippen LogP) is 5.41. The van der Waals surface area contributed by atoms with E-state index in [4.69, 9.17) is 18.9 Å². The van der Waals surface area contributed by atoms with Gasteiger partial charge in [-0.3, -0.25) is 9.97 Å². The first kappa shape index (κ1) is 24.1. The quantitative estimate of drug-likeness (QED) is 0.379. The van der Waals surface area contributed by atoms with E-state index in [1.807, 2.05) is 25.1 Å². The van der Waals surface area contributed by atoms with Crippen molar-refractivity contribution in [1.29, 1.82) is 0 Å². The number of rotatable bonds is 8. The normalized spacial score (nSPS) is 18.4. The molecule has 0 unspecified atom stereocenters. The van der Waals surface area contributed by atoms with Gasteiger partial charge in [0, 0.05) is 41.6 Å². The number of methoxy groups -OCH3 is 1. The lowest BCUT2D eigenvalue weighted by Crippen LogP contribution is -2.51. The number of fused-ring (bicyclic) bond motifs is 2. The Labute approximate surface area is 216 Å². The third-order valence-electron chi connectivity index (χ3n) is 7.75. The molecule has 2 aromatic heterocycles. The van der Waals surface area contributed by atoms with Crippen LogP contribution in [-0.2, 0) is 11.2 Å². The number of benzene rings is 1. The summed E-state index contributed by atoms with van der Waals surface area (Å²) in [5.74, 6) is 1.39. The molecule has 1 spiro atoms. The largest absolute Gasteiger partial charge is 0.493 e. The summed E-state index contributed by atoms with van der Waals surface area (Å²) in [5, 5.41) is 0.709. The van der Waals surface area contributed by atoms with Gasteiger partial charge in [-0.15, -0.1) is 0 Å². The van der Waals surface area contributed by atoms with Crippen LogP contribution in [0.25, 0.3) is 17.0 Å². The van der Waals surface area contributed by atoms with Crippen molar-refractivity contribution in [1.82, 2.24) is 14.9 Å². The highest BCUT2D eigenvalue weighted by molar-refractivity contribution is 5.88. The van der Waals surface area contributed by atoms with Crippen LogP contribution in [0.5, 0.6) is 23.0 Å². The molecule has 8 heteroatoms. The molecule has 3 aromatic rings. The van der Waals surface area contributed by atoms with Gasteiger partial charge in [0.15, 0.2) is 23.1 Å². The van der Waals surface area contributed by atoms with Gasteiger partial charge in [0.05, 0.1) is 44.3 Å². The van der Waals surface area contributed by atoms with Crippen molar-refractivity contribution in [2.45, 2.75) is 32.6 Å². The van der Waals surface area contributed by atoms with Gasteiger partial charge >= 0.3 is 0 Å². The molecule has 2 saturated heterocycles. The van der Waals surface area contributed by atoms with Crippen molar-refractivity contribution in [3.05, 3.63) is 53.2 Å². The fourth-order valence-corrected chi connectivity index (χ4v) is 5.45. The number of nitrogens with zero attached hydrogens (tertiary/aromatic N) is 3. The monoisotopic (exact) mass is 505 g/mol. The molecule has 7 nitrogen and oxygen atoms in total. The Morgan fingerprint density at radius 3 is 2.68 bits per heavy atom. The molecule has 1 aromatic carbocycles. The molecular formula is C29H32FN3O4. The third kappa shape index (κ3) is 4.76. The Bertz CT molecular complexity index is 1340. The Morgan fingerprint density at radius 1 is 1.08 bits per heavy atom. The Morgan fingerprint density at radius 2 is 1.92 bits per heavy atom. The first-order valence-corrected chi connectivity index (χ1v) is 13.0. The van der Waals surface area contributed by atoms with E-state index < -0.39 is 5.82 Å². The number of halogens is 1. The number of piperidine rings is 1. The van der Waals surface area contributed by atoms with Gasteiger partial charge in [0.1, 0.15) is 5.75 Å². The molecule has 37 heavy (non-hydrogen) atoms. The van der Waals surface area contributed by atoms with Crippen LogP contribution in [0.1, 0.15) is 37.4 Å². The summed E-state index contributed by atoms with van der Waals surface area (Å²) in [6.07, 6.45) is 8.97. The summed E-state index contributed by atoms with van der Waals surface area (Å²) in [7, 11) is 1.61. The van der Waals surface area contributed by atoms with E-state index in [9.17, 15) is 0 Å². The molecule has 0 saturated carbocycles. The number of likely N-dealkylation sites (tertiary alicyclic amines) is 1. The van der Waals surface area contributed by atoms with Crippen LogP contribution in [0.4, 0.5) is 4.39 Å². The maximum absolute atomic E-state index is 15.1. The number of allylic oxidation sites excluding steroid dienone is 1. The van der Waals surface area contributed by atoms with Crippen molar-refractivity contribution >= 4 is 17.0 Å². The second-order valence-electron chi connectivity index (χ2n) is 10.4. The fraction of sp³-hybridized carbons (Fsp3) is 0.448. The second kappa shape index (κ2) is 9.91. The molecule has 4 heterocycles. The zero-order chi connectivity index (χ0) is 25.4. The van der Waals surface area contributed by atoms with E-state index in [1.165, 1.54) is 19.0 Å². The van der Waals surface area contributed by atoms with Gasteiger partial charge in [0.25, 0.3) is 0 Å². The second-order valence-corrected chi connectivity index (χ2v) is 10.4. The lowest BCUT2D eigenvalue weighted by molar-refractivity contribution is -0.139. The SMILES string of the molecule is COc1cc2c(Oc3cnc4c(c3F)C=C(C)C4)ccnc2cc1OCCCN1CCC2(CC1)COC2. The average Bonchev–Trinajstić information content (AvgIpc) is 3.28. The molecule has 0 N–H and O–H groups in total. The molecule has 1 aliphatic carbocycles. The Hall–Kier alpha value is -3.23. The number of hydrogen-bond donors (Lipinski definition) is 0. The van der Waals surface area contributed by atoms with Crippen molar-refractivity contribution < 1.29 is 23.3 Å². The van der Waals surface area contributed by atoms with E-state index in [-0.39, 0.29) is 5.75 Å². The molecule has 0 radical (unpaired) electrons. The van der Waals surface area contributed by atoms with Gasteiger partial charge in [-0.2, -0.15) is 0 Å². The maximum Gasteiger partial charge on any atom is 0.181 e. The highest BCUT2D eigenvalue weighted by Crippen LogP contribution is 2.40. The van der Waals surface area contributed by atoms with Crippen LogP contribution in [0.2, 0.25) is 0 Å². The van der Waals surface area contributed by atoms with Crippen LogP contribution in [0.3, 0.4) is 0 Å². The molecule has 6 rings (SSSR count). The molecule has 0 amide bonds. The summed E-state index contributed by atoms with van der Waals surface area (Å²) in [6, 6.07) is 5.40. The smallest absolute Gasteiger partial charge is 0.181 e. The van der Waals surface area contributed by atoms with Gasteiger partial charge in [-0.25, -0.2) is 4.39 Å². The molecule has 194 valence electrons. The lowest BCUT2D eigenvalue weighted by Gasteiger charge is -2.47. The van der Waals surface area contributed by atoms with Crippen LogP contribution in [0.15, 0.2) is 36.2 Å². The minimum absolute atomic E-state index is 0.0879. The fourth-order valence-electron chi connectivity index (χ4n) is 5.45. The van der Waals surface area contributed by atoms with E-state index in [2.05, 4.69) is 14.9 Å². The maximum atomic E-state index is 15.1. The van der Waals surface area contributed by atoms with E-state index >= 15 is 4.39 Å². The lowest BCUT2D eigenvalue weighted by atomic mass is 9.77. The molecule has 0 bridgehead atoms. The standard InChI is InChI=1S/C29H32FN3O4/c1-19-12-21-22(13-19)32-16-27(28(21)30)37-24-4-7-31-23-15-26(25(34-2)14-20(23)24)36-11-3-8-33-9-5-29(6-10-33)17-35-18-29/h4,7,12,14-16H,3,5-6,8-11,13,17-18H2,1-2H3. The topological polar surface area (TPSA) is 65.9 Å². The highest BCUT2D eigenvalue weighted by Gasteiger charge is 2.40. The minimum Gasteiger partial charge on any atom is -0.493 e. The Kier molecular flexibility index (Phi) is 6.46. The third-order valence-corrected chi connectivity index (χ3v) is 7.75. The van der Waals surface area contributed by atoms with E-state index in [1.54, 1.807) is 19.4 Å². The van der Waals surface area contributed by atoms with Crippen molar-refractivity contribution in [2.24, 2.45) is 5.41 Å². The number of pyridine rings is 2. The van der Waals surface area contributed by atoms with Crippen LogP contribution >= 0.6 is 0 Å². The van der Waals surface area contributed by atoms with Gasteiger partial charge in [-0.05, 0) is 51.4 Å². The zero-order valence-corrected chi connectivity index (χ0v) is 21.4. The van der Waals surface area contributed by atoms with Crippen LogP contribution in [-0.4, -0.2) is 61.4 Å². The summed E-state index contributed by atoms with van der Waals surface area (Å²) >= 11 is 0. The van der Waals surface area contributed by atoms with Gasteiger partial charge in [-0.1, -0.05) is 11.6 Å². The molecule has 2 fully saturated rings. The summed E-state index contributed by atoms with van der Waals surface area (Å²) < 4.78 is 38.3. The number of hydrogen-bond acceptors (Lipinski definition) is 7. The highest BCUT2D eigenvalue weighted by atomic mass is 19.1.